The lowest BCUT2D eigenvalue weighted by Gasteiger charge is -2.08. The zero-order chi connectivity index (χ0) is 11.8. The monoisotopic (exact) mass is 219 g/mol. The van der Waals surface area contributed by atoms with E-state index >= 15 is 0 Å². The highest BCUT2D eigenvalue weighted by atomic mass is 14.6. The van der Waals surface area contributed by atoms with Crippen molar-refractivity contribution >= 4 is 5.69 Å². The van der Waals surface area contributed by atoms with Crippen LogP contribution in [0, 0.1) is 12.3 Å². The highest BCUT2D eigenvalue weighted by molar-refractivity contribution is 5.82. The molecule has 2 aromatic rings. The minimum Gasteiger partial charge on any atom is -0.398 e. The van der Waals surface area contributed by atoms with Crippen LogP contribution >= 0.6 is 0 Å². The molecule has 0 saturated carbocycles. The van der Waals surface area contributed by atoms with Crippen LogP contribution in [0.3, 0.4) is 0 Å². The third-order valence-electron chi connectivity index (χ3n) is 3.41. The van der Waals surface area contributed by atoms with Crippen molar-refractivity contribution in [1.29, 1.82) is 0 Å². The summed E-state index contributed by atoms with van der Waals surface area (Å²) in [4.78, 5) is 0. The van der Waals surface area contributed by atoms with Gasteiger partial charge in [0.05, 0.1) is 0 Å². The van der Waals surface area contributed by atoms with Gasteiger partial charge in [0.1, 0.15) is 0 Å². The summed E-state index contributed by atoms with van der Waals surface area (Å²) in [7, 11) is 0. The van der Waals surface area contributed by atoms with Crippen molar-refractivity contribution in [3.63, 3.8) is 0 Å². The molecule has 0 amide bonds. The summed E-state index contributed by atoms with van der Waals surface area (Å²) in [5, 5.41) is 0. The largest absolute Gasteiger partial charge is 0.398 e. The average molecular weight is 219 g/mol. The van der Waals surface area contributed by atoms with Gasteiger partial charge in [0.25, 0.3) is 0 Å². The Bertz CT molecular complexity index is 632. The molecule has 0 bridgehead atoms. The smallest absolute Gasteiger partial charge is 0.0398 e. The van der Waals surface area contributed by atoms with Crippen molar-refractivity contribution in [2.24, 2.45) is 0 Å². The average Bonchev–Trinajstić information content (AvgIpc) is 2.73. The molecular formula is C16H13N. The highest BCUT2D eigenvalue weighted by Gasteiger charge is 2.20. The van der Waals surface area contributed by atoms with Gasteiger partial charge < -0.3 is 5.73 Å². The number of terminal acetylenes is 1. The Labute approximate surface area is 101 Å². The molecule has 0 atom stereocenters. The van der Waals surface area contributed by atoms with Gasteiger partial charge >= 0.3 is 0 Å². The van der Waals surface area contributed by atoms with E-state index in [9.17, 15) is 0 Å². The minimum absolute atomic E-state index is 0.607. The molecule has 1 nitrogen and oxygen atoms in total. The Morgan fingerprint density at radius 3 is 2.76 bits per heavy atom. The fourth-order valence-electron chi connectivity index (χ4n) is 2.55. The van der Waals surface area contributed by atoms with Crippen molar-refractivity contribution in [3.05, 3.63) is 53.1 Å². The fourth-order valence-corrected chi connectivity index (χ4v) is 2.55. The SMILES string of the molecule is C#CCc1ccc2c(c1N)Cc1ccccc1-2. The Morgan fingerprint density at radius 2 is 1.94 bits per heavy atom. The maximum atomic E-state index is 6.20. The molecule has 0 fully saturated rings. The van der Waals surface area contributed by atoms with Gasteiger partial charge in [-0.2, -0.15) is 0 Å². The molecule has 0 saturated heterocycles. The molecule has 0 aliphatic heterocycles. The summed E-state index contributed by atoms with van der Waals surface area (Å²) in [5.41, 5.74) is 13.3. The van der Waals surface area contributed by atoms with E-state index in [1.54, 1.807) is 0 Å². The van der Waals surface area contributed by atoms with Crippen LogP contribution in [0.25, 0.3) is 11.1 Å². The van der Waals surface area contributed by atoms with Gasteiger partial charge in [0.2, 0.25) is 0 Å². The lowest BCUT2D eigenvalue weighted by molar-refractivity contribution is 1.23. The molecule has 82 valence electrons. The zero-order valence-electron chi connectivity index (χ0n) is 9.53. The van der Waals surface area contributed by atoms with E-state index in [1.807, 2.05) is 0 Å². The van der Waals surface area contributed by atoms with Crippen molar-refractivity contribution in [1.82, 2.24) is 0 Å². The normalized spacial score (nSPS) is 11.7. The van der Waals surface area contributed by atoms with Crippen LogP contribution < -0.4 is 5.73 Å². The minimum atomic E-state index is 0.607. The standard InChI is InChI=1S/C16H13N/c1-2-5-11-8-9-14-13-7-4-3-6-12(13)10-15(14)16(11)17/h1,3-4,6-9H,5,10,17H2. The predicted molar refractivity (Wildman–Crippen MR) is 71.6 cm³/mol. The number of rotatable bonds is 1. The molecule has 1 aliphatic carbocycles. The first-order valence-corrected chi connectivity index (χ1v) is 5.73. The van der Waals surface area contributed by atoms with E-state index in [1.165, 1.54) is 22.3 Å². The number of hydrogen-bond donors (Lipinski definition) is 1. The number of fused-ring (bicyclic) bond motifs is 3. The second-order valence-electron chi connectivity index (χ2n) is 4.38. The molecular weight excluding hydrogens is 206 g/mol. The zero-order valence-corrected chi connectivity index (χ0v) is 9.53. The van der Waals surface area contributed by atoms with Crippen LogP contribution in [-0.2, 0) is 12.8 Å². The van der Waals surface area contributed by atoms with Gasteiger partial charge in [-0.1, -0.05) is 36.4 Å². The molecule has 1 heteroatoms. The summed E-state index contributed by atoms with van der Waals surface area (Å²) < 4.78 is 0. The van der Waals surface area contributed by atoms with Gasteiger partial charge in [-0.05, 0) is 27.8 Å². The van der Waals surface area contributed by atoms with Gasteiger partial charge in [0.15, 0.2) is 0 Å². The number of nitrogens with two attached hydrogens (primary N) is 1. The molecule has 0 unspecified atom stereocenters. The van der Waals surface area contributed by atoms with E-state index in [0.717, 1.165) is 17.7 Å². The molecule has 0 aromatic heterocycles. The van der Waals surface area contributed by atoms with E-state index in [4.69, 9.17) is 12.2 Å². The van der Waals surface area contributed by atoms with Gasteiger partial charge in [-0.25, -0.2) is 0 Å². The molecule has 2 aromatic carbocycles. The molecule has 0 spiro atoms. The van der Waals surface area contributed by atoms with Crippen LogP contribution in [0.5, 0.6) is 0 Å². The van der Waals surface area contributed by atoms with Crippen molar-refractivity contribution < 1.29 is 0 Å². The van der Waals surface area contributed by atoms with Crippen LogP contribution in [-0.4, -0.2) is 0 Å². The second kappa shape index (κ2) is 3.68. The highest BCUT2D eigenvalue weighted by Crippen LogP contribution is 2.40. The second-order valence-corrected chi connectivity index (χ2v) is 4.38. The van der Waals surface area contributed by atoms with Crippen LogP contribution in [0.2, 0.25) is 0 Å². The number of hydrogen-bond acceptors (Lipinski definition) is 1. The predicted octanol–water partition coefficient (Wildman–Crippen LogP) is 3.02. The molecule has 1 aliphatic rings. The van der Waals surface area contributed by atoms with Crippen molar-refractivity contribution in [3.8, 4) is 23.5 Å². The summed E-state index contributed by atoms with van der Waals surface area (Å²) in [6.45, 7) is 0. The van der Waals surface area contributed by atoms with E-state index in [0.29, 0.717) is 6.42 Å². The third kappa shape index (κ3) is 1.42. The molecule has 17 heavy (non-hydrogen) atoms. The number of anilines is 1. The Hall–Kier alpha value is -2.20. The summed E-state index contributed by atoms with van der Waals surface area (Å²) >= 11 is 0. The lowest BCUT2D eigenvalue weighted by atomic mass is 9.99. The lowest BCUT2D eigenvalue weighted by Crippen LogP contribution is -1.98. The van der Waals surface area contributed by atoms with Crippen molar-refractivity contribution in [2.45, 2.75) is 12.8 Å². The summed E-state index contributed by atoms with van der Waals surface area (Å²) in [6, 6.07) is 12.7. The van der Waals surface area contributed by atoms with Crippen molar-refractivity contribution in [2.75, 3.05) is 5.73 Å². The third-order valence-corrected chi connectivity index (χ3v) is 3.41. The van der Waals surface area contributed by atoms with Gasteiger partial charge in [0, 0.05) is 18.5 Å². The fraction of sp³-hybridized carbons (Fsp3) is 0.125. The first-order valence-electron chi connectivity index (χ1n) is 5.73. The summed E-state index contributed by atoms with van der Waals surface area (Å²) in [5.74, 6) is 2.66. The molecule has 3 rings (SSSR count). The maximum Gasteiger partial charge on any atom is 0.0398 e. The molecule has 2 N–H and O–H groups in total. The molecule has 0 radical (unpaired) electrons. The van der Waals surface area contributed by atoms with Gasteiger partial charge in [-0.3, -0.25) is 0 Å². The number of nitrogen functional groups attached to an aromatic ring is 1. The topological polar surface area (TPSA) is 26.0 Å². The van der Waals surface area contributed by atoms with Crippen LogP contribution in [0.4, 0.5) is 5.69 Å². The van der Waals surface area contributed by atoms with E-state index < -0.39 is 0 Å². The Morgan fingerprint density at radius 1 is 1.12 bits per heavy atom. The van der Waals surface area contributed by atoms with Gasteiger partial charge in [-0.15, -0.1) is 12.3 Å². The first kappa shape index (κ1) is 9.99. The van der Waals surface area contributed by atoms with Crippen LogP contribution in [0.15, 0.2) is 36.4 Å². The first-order chi connectivity index (χ1) is 8.31. The molecule has 0 heterocycles. The Kier molecular flexibility index (Phi) is 2.16. The quantitative estimate of drug-likeness (QED) is 0.494. The Balaban J connectivity index is 2.19. The maximum absolute atomic E-state index is 6.20. The number of benzene rings is 2. The summed E-state index contributed by atoms with van der Waals surface area (Å²) in [6.07, 6.45) is 6.89. The van der Waals surface area contributed by atoms with Crippen LogP contribution in [0.1, 0.15) is 16.7 Å². The van der Waals surface area contributed by atoms with E-state index in [2.05, 4.69) is 42.3 Å². The van der Waals surface area contributed by atoms with E-state index in [-0.39, 0.29) is 0 Å².